The average molecular weight is 305 g/mol. The summed E-state index contributed by atoms with van der Waals surface area (Å²) >= 11 is 0. The molecule has 1 aromatic heterocycles. The molecule has 2 amide bonds. The van der Waals surface area contributed by atoms with E-state index in [1.807, 2.05) is 24.1 Å². The first-order valence-electron chi connectivity index (χ1n) is 8.13. The van der Waals surface area contributed by atoms with E-state index in [-0.39, 0.29) is 18.1 Å². The number of aliphatic hydroxyl groups excluding tert-OH is 1. The molecule has 2 rings (SSSR count). The van der Waals surface area contributed by atoms with Gasteiger partial charge < -0.3 is 15.3 Å². The topological polar surface area (TPSA) is 65.5 Å². The van der Waals surface area contributed by atoms with E-state index in [1.54, 1.807) is 6.20 Å². The summed E-state index contributed by atoms with van der Waals surface area (Å²) in [7, 11) is 0. The molecule has 1 aromatic rings. The zero-order chi connectivity index (χ0) is 16.0. The quantitative estimate of drug-likeness (QED) is 0.876. The second-order valence-electron chi connectivity index (χ2n) is 6.28. The average Bonchev–Trinajstić information content (AvgIpc) is 2.56. The maximum absolute atomic E-state index is 12.2. The van der Waals surface area contributed by atoms with Crippen molar-refractivity contribution in [2.45, 2.75) is 39.5 Å². The molecule has 1 fully saturated rings. The van der Waals surface area contributed by atoms with Gasteiger partial charge in [0.25, 0.3) is 0 Å². The minimum atomic E-state index is 0.00866. The number of piperidine rings is 1. The van der Waals surface area contributed by atoms with Gasteiger partial charge in [-0.2, -0.15) is 0 Å². The van der Waals surface area contributed by atoms with Crippen molar-refractivity contribution < 1.29 is 9.90 Å². The highest BCUT2D eigenvalue weighted by atomic mass is 16.3. The molecule has 1 aliphatic heterocycles. The van der Waals surface area contributed by atoms with Crippen molar-refractivity contribution >= 4 is 6.03 Å². The number of carbonyl (C=O) groups excluding carboxylic acids is 1. The van der Waals surface area contributed by atoms with E-state index in [0.29, 0.717) is 6.54 Å². The number of carbonyl (C=O) groups is 1. The number of aliphatic hydroxyl groups is 1. The van der Waals surface area contributed by atoms with Gasteiger partial charge in [0.2, 0.25) is 0 Å². The van der Waals surface area contributed by atoms with Gasteiger partial charge in [-0.25, -0.2) is 4.79 Å². The van der Waals surface area contributed by atoms with Crippen molar-refractivity contribution in [3.8, 4) is 0 Å². The Labute approximate surface area is 132 Å². The fourth-order valence-corrected chi connectivity index (χ4v) is 3.01. The van der Waals surface area contributed by atoms with Crippen LogP contribution < -0.4 is 5.32 Å². The van der Waals surface area contributed by atoms with Gasteiger partial charge in [0, 0.05) is 38.6 Å². The zero-order valence-electron chi connectivity index (χ0n) is 13.6. The smallest absolute Gasteiger partial charge is 0.317 e. The van der Waals surface area contributed by atoms with Crippen LogP contribution in [0.2, 0.25) is 0 Å². The highest BCUT2D eigenvalue weighted by Gasteiger charge is 2.33. The number of nitrogens with zero attached hydrogens (tertiary/aromatic N) is 2. The Bertz CT molecular complexity index is 490. The summed E-state index contributed by atoms with van der Waals surface area (Å²) in [6.07, 6.45) is 7.20. The van der Waals surface area contributed by atoms with Crippen molar-refractivity contribution in [3.05, 3.63) is 29.6 Å². The van der Waals surface area contributed by atoms with Crippen LogP contribution in [0.15, 0.2) is 18.5 Å². The summed E-state index contributed by atoms with van der Waals surface area (Å²) in [6.45, 7) is 6.47. The molecular weight excluding hydrogens is 278 g/mol. The van der Waals surface area contributed by atoms with Crippen molar-refractivity contribution in [1.82, 2.24) is 15.2 Å². The van der Waals surface area contributed by atoms with Crippen molar-refractivity contribution in [2.75, 3.05) is 26.2 Å². The number of pyridine rings is 1. The summed E-state index contributed by atoms with van der Waals surface area (Å²) in [5.74, 6) is 0. The maximum atomic E-state index is 12.2. The van der Waals surface area contributed by atoms with Gasteiger partial charge >= 0.3 is 6.03 Å². The molecule has 0 unspecified atom stereocenters. The van der Waals surface area contributed by atoms with E-state index >= 15 is 0 Å². The van der Waals surface area contributed by atoms with Crippen LogP contribution in [-0.4, -0.2) is 47.3 Å². The lowest BCUT2D eigenvalue weighted by atomic mass is 9.77. The molecule has 2 N–H and O–H groups in total. The Morgan fingerprint density at radius 1 is 1.45 bits per heavy atom. The lowest BCUT2D eigenvalue weighted by Gasteiger charge is -2.40. The molecule has 2 heterocycles. The number of rotatable bonds is 5. The molecule has 5 nitrogen and oxygen atoms in total. The Morgan fingerprint density at radius 3 is 2.77 bits per heavy atom. The van der Waals surface area contributed by atoms with Gasteiger partial charge in [0.1, 0.15) is 0 Å². The minimum Gasteiger partial charge on any atom is -0.396 e. The van der Waals surface area contributed by atoms with Gasteiger partial charge in [-0.05, 0) is 55.2 Å². The first-order valence-corrected chi connectivity index (χ1v) is 8.13. The predicted molar refractivity (Wildman–Crippen MR) is 86.7 cm³/mol. The molecule has 0 aliphatic carbocycles. The number of urea groups is 1. The molecule has 22 heavy (non-hydrogen) atoms. The Kier molecular flexibility index (Phi) is 5.77. The highest BCUT2D eigenvalue weighted by molar-refractivity contribution is 5.74. The first-order chi connectivity index (χ1) is 10.6. The van der Waals surface area contributed by atoms with Crippen LogP contribution in [0.3, 0.4) is 0 Å². The third kappa shape index (κ3) is 3.97. The third-order valence-corrected chi connectivity index (χ3v) is 5.00. The molecule has 0 radical (unpaired) electrons. The van der Waals surface area contributed by atoms with E-state index in [4.69, 9.17) is 0 Å². The predicted octanol–water partition coefficient (Wildman–Crippen LogP) is 2.13. The van der Waals surface area contributed by atoms with E-state index in [0.717, 1.165) is 44.3 Å². The van der Waals surface area contributed by atoms with E-state index in [9.17, 15) is 9.90 Å². The van der Waals surface area contributed by atoms with Gasteiger partial charge in [0.05, 0.1) is 0 Å². The van der Waals surface area contributed by atoms with E-state index in [1.165, 1.54) is 5.56 Å². The molecule has 0 bridgehead atoms. The number of hydrogen-bond donors (Lipinski definition) is 2. The SMILES string of the molecule is CCC1(CO)CCN(C(=O)NCCc2ccncc2C)CC1. The van der Waals surface area contributed by atoms with Crippen LogP contribution in [0.4, 0.5) is 4.79 Å². The Morgan fingerprint density at radius 2 is 2.18 bits per heavy atom. The van der Waals surface area contributed by atoms with E-state index < -0.39 is 0 Å². The fourth-order valence-electron chi connectivity index (χ4n) is 3.01. The number of amides is 2. The molecule has 0 spiro atoms. The lowest BCUT2D eigenvalue weighted by Crippen LogP contribution is -2.48. The Hall–Kier alpha value is -1.62. The van der Waals surface area contributed by atoms with Gasteiger partial charge in [-0.15, -0.1) is 0 Å². The van der Waals surface area contributed by atoms with Crippen LogP contribution in [0.25, 0.3) is 0 Å². The van der Waals surface area contributed by atoms with Gasteiger partial charge in [-0.1, -0.05) is 6.92 Å². The number of likely N-dealkylation sites (tertiary alicyclic amines) is 1. The van der Waals surface area contributed by atoms with Crippen molar-refractivity contribution in [3.63, 3.8) is 0 Å². The monoisotopic (exact) mass is 305 g/mol. The number of nitrogens with one attached hydrogen (secondary N) is 1. The maximum Gasteiger partial charge on any atom is 0.317 e. The Balaban J connectivity index is 1.76. The molecule has 122 valence electrons. The summed E-state index contributed by atoms with van der Waals surface area (Å²) in [4.78, 5) is 18.1. The fraction of sp³-hybridized carbons (Fsp3) is 0.647. The zero-order valence-corrected chi connectivity index (χ0v) is 13.6. The van der Waals surface area contributed by atoms with Gasteiger partial charge in [0.15, 0.2) is 0 Å². The second kappa shape index (κ2) is 7.58. The van der Waals surface area contributed by atoms with Gasteiger partial charge in [-0.3, -0.25) is 4.98 Å². The van der Waals surface area contributed by atoms with Crippen LogP contribution in [-0.2, 0) is 6.42 Å². The van der Waals surface area contributed by atoms with Crippen molar-refractivity contribution in [2.24, 2.45) is 5.41 Å². The second-order valence-corrected chi connectivity index (χ2v) is 6.28. The highest BCUT2D eigenvalue weighted by Crippen LogP contribution is 2.34. The standard InChI is InChI=1S/C17H27N3O2/c1-3-17(13-21)6-10-20(11-7-17)16(22)19-9-5-15-4-8-18-12-14(15)2/h4,8,12,21H,3,5-7,9-11,13H2,1-2H3,(H,19,22). The molecular formula is C17H27N3O2. The molecule has 1 saturated heterocycles. The number of aromatic nitrogens is 1. The van der Waals surface area contributed by atoms with Crippen molar-refractivity contribution in [1.29, 1.82) is 0 Å². The largest absolute Gasteiger partial charge is 0.396 e. The first kappa shape index (κ1) is 16.7. The van der Waals surface area contributed by atoms with Crippen LogP contribution >= 0.6 is 0 Å². The summed E-state index contributed by atoms with van der Waals surface area (Å²) in [5, 5.41) is 12.5. The molecule has 0 saturated carbocycles. The van der Waals surface area contributed by atoms with Crippen LogP contribution in [0.1, 0.15) is 37.3 Å². The normalized spacial score (nSPS) is 17.3. The molecule has 5 heteroatoms. The number of hydrogen-bond acceptors (Lipinski definition) is 3. The summed E-state index contributed by atoms with van der Waals surface area (Å²) in [6, 6.07) is 2.01. The van der Waals surface area contributed by atoms with Crippen LogP contribution in [0, 0.1) is 12.3 Å². The lowest BCUT2D eigenvalue weighted by molar-refractivity contribution is 0.0520. The third-order valence-electron chi connectivity index (χ3n) is 5.00. The summed E-state index contributed by atoms with van der Waals surface area (Å²) in [5.41, 5.74) is 2.40. The summed E-state index contributed by atoms with van der Waals surface area (Å²) < 4.78 is 0. The molecule has 0 atom stereocenters. The molecule has 0 aromatic carbocycles. The minimum absolute atomic E-state index is 0.00866. The van der Waals surface area contributed by atoms with Crippen LogP contribution in [0.5, 0.6) is 0 Å². The van der Waals surface area contributed by atoms with E-state index in [2.05, 4.69) is 17.2 Å². The molecule has 1 aliphatic rings. The number of aryl methyl sites for hydroxylation is 1.